The highest BCUT2D eigenvalue weighted by Crippen LogP contribution is 2.13. The number of hydrogen-bond donors (Lipinski definition) is 1. The largest absolute Gasteiger partial charge is 0.478 e. The predicted octanol–water partition coefficient (Wildman–Crippen LogP) is 2.87. The molecule has 1 amide bonds. The molecule has 0 atom stereocenters. The van der Waals surface area contributed by atoms with E-state index in [4.69, 9.17) is 4.74 Å². The standard InChI is InChI=1S/C19H18N4O2/c1-2-25-17-10-14(8-9-20-17)11-23-19(24)16-12-21-18(22-13-16)15-6-4-3-5-7-15/h3-10,12-13H,2,11H2,1H3,(H,23,24). The Bertz CT molecular complexity index is 836. The van der Waals surface area contributed by atoms with Crippen LogP contribution in [-0.4, -0.2) is 27.5 Å². The van der Waals surface area contributed by atoms with E-state index in [1.54, 1.807) is 12.3 Å². The Morgan fingerprint density at radius 2 is 1.84 bits per heavy atom. The lowest BCUT2D eigenvalue weighted by atomic mass is 10.2. The van der Waals surface area contributed by atoms with Gasteiger partial charge in [0.05, 0.1) is 12.2 Å². The van der Waals surface area contributed by atoms with E-state index in [0.29, 0.717) is 30.4 Å². The summed E-state index contributed by atoms with van der Waals surface area (Å²) in [7, 11) is 0. The number of carbonyl (C=O) groups is 1. The molecule has 0 bridgehead atoms. The zero-order valence-electron chi connectivity index (χ0n) is 13.8. The Balaban J connectivity index is 1.62. The number of ether oxygens (including phenoxy) is 1. The van der Waals surface area contributed by atoms with Crippen LogP contribution in [-0.2, 0) is 6.54 Å². The van der Waals surface area contributed by atoms with Crippen LogP contribution in [0.4, 0.5) is 0 Å². The molecule has 3 aromatic rings. The second kappa shape index (κ2) is 8.01. The van der Waals surface area contributed by atoms with Crippen LogP contribution in [0.2, 0.25) is 0 Å². The van der Waals surface area contributed by atoms with Crippen molar-refractivity contribution in [3.8, 4) is 17.3 Å². The van der Waals surface area contributed by atoms with Gasteiger partial charge in [-0.25, -0.2) is 15.0 Å². The number of nitrogens with zero attached hydrogens (tertiary/aromatic N) is 3. The third kappa shape index (κ3) is 4.38. The molecule has 0 saturated carbocycles. The molecule has 0 aliphatic heterocycles. The number of amides is 1. The number of carbonyl (C=O) groups excluding carboxylic acids is 1. The lowest BCUT2D eigenvalue weighted by Crippen LogP contribution is -2.23. The lowest BCUT2D eigenvalue weighted by Gasteiger charge is -2.07. The Hall–Kier alpha value is -3.28. The highest BCUT2D eigenvalue weighted by molar-refractivity contribution is 5.93. The molecule has 6 heteroatoms. The zero-order chi connectivity index (χ0) is 17.5. The van der Waals surface area contributed by atoms with Crippen LogP contribution in [0.5, 0.6) is 5.88 Å². The van der Waals surface area contributed by atoms with Crippen molar-refractivity contribution < 1.29 is 9.53 Å². The van der Waals surface area contributed by atoms with E-state index in [-0.39, 0.29) is 5.91 Å². The number of rotatable bonds is 6. The van der Waals surface area contributed by atoms with Crippen molar-refractivity contribution in [2.75, 3.05) is 6.61 Å². The Labute approximate surface area is 145 Å². The van der Waals surface area contributed by atoms with Gasteiger partial charge in [0.2, 0.25) is 5.88 Å². The van der Waals surface area contributed by atoms with E-state index in [2.05, 4.69) is 20.3 Å². The van der Waals surface area contributed by atoms with Crippen LogP contribution in [0, 0.1) is 0 Å². The highest BCUT2D eigenvalue weighted by Gasteiger charge is 2.08. The van der Waals surface area contributed by atoms with Crippen LogP contribution in [0.25, 0.3) is 11.4 Å². The minimum Gasteiger partial charge on any atom is -0.478 e. The molecule has 25 heavy (non-hydrogen) atoms. The number of benzene rings is 1. The average molecular weight is 334 g/mol. The summed E-state index contributed by atoms with van der Waals surface area (Å²) >= 11 is 0. The first-order chi connectivity index (χ1) is 12.3. The average Bonchev–Trinajstić information content (AvgIpc) is 2.67. The smallest absolute Gasteiger partial charge is 0.254 e. The van der Waals surface area contributed by atoms with Gasteiger partial charge in [0.15, 0.2) is 5.82 Å². The number of nitrogens with one attached hydrogen (secondary N) is 1. The topological polar surface area (TPSA) is 77.0 Å². The molecule has 126 valence electrons. The normalized spacial score (nSPS) is 10.3. The second-order valence-electron chi connectivity index (χ2n) is 5.28. The molecule has 0 aliphatic carbocycles. The third-order valence-electron chi connectivity index (χ3n) is 3.49. The van der Waals surface area contributed by atoms with Crippen molar-refractivity contribution in [1.82, 2.24) is 20.3 Å². The lowest BCUT2D eigenvalue weighted by molar-refractivity contribution is 0.0950. The number of aromatic nitrogens is 3. The van der Waals surface area contributed by atoms with Crippen molar-refractivity contribution in [3.05, 3.63) is 72.2 Å². The quantitative estimate of drug-likeness (QED) is 0.750. The highest BCUT2D eigenvalue weighted by atomic mass is 16.5. The summed E-state index contributed by atoms with van der Waals surface area (Å²) < 4.78 is 5.35. The van der Waals surface area contributed by atoms with Gasteiger partial charge >= 0.3 is 0 Å². The molecule has 3 rings (SSSR count). The summed E-state index contributed by atoms with van der Waals surface area (Å²) in [6.45, 7) is 2.82. The van der Waals surface area contributed by atoms with Gasteiger partial charge in [-0.2, -0.15) is 0 Å². The summed E-state index contributed by atoms with van der Waals surface area (Å²) in [6, 6.07) is 13.3. The van der Waals surface area contributed by atoms with Crippen LogP contribution in [0.15, 0.2) is 61.1 Å². The van der Waals surface area contributed by atoms with Crippen molar-refractivity contribution >= 4 is 5.91 Å². The predicted molar refractivity (Wildman–Crippen MR) is 94.0 cm³/mol. The summed E-state index contributed by atoms with van der Waals surface area (Å²) in [4.78, 5) is 24.9. The van der Waals surface area contributed by atoms with E-state index in [1.807, 2.05) is 43.3 Å². The minimum atomic E-state index is -0.227. The summed E-state index contributed by atoms with van der Waals surface area (Å²) in [6.07, 6.45) is 4.72. The second-order valence-corrected chi connectivity index (χ2v) is 5.28. The van der Waals surface area contributed by atoms with Gasteiger partial charge in [-0.15, -0.1) is 0 Å². The molecule has 0 fully saturated rings. The molecule has 2 aromatic heterocycles. The summed E-state index contributed by atoms with van der Waals surface area (Å²) in [5.74, 6) is 0.909. The SMILES string of the molecule is CCOc1cc(CNC(=O)c2cnc(-c3ccccc3)nc2)ccn1. The first-order valence-corrected chi connectivity index (χ1v) is 7.99. The third-order valence-corrected chi connectivity index (χ3v) is 3.49. The van der Waals surface area contributed by atoms with Gasteiger partial charge < -0.3 is 10.1 Å². The van der Waals surface area contributed by atoms with Crippen LogP contribution in [0.3, 0.4) is 0 Å². The van der Waals surface area contributed by atoms with Crippen LogP contribution >= 0.6 is 0 Å². The van der Waals surface area contributed by atoms with Crippen LogP contribution in [0.1, 0.15) is 22.8 Å². The monoisotopic (exact) mass is 334 g/mol. The van der Waals surface area contributed by atoms with Gasteiger partial charge in [-0.05, 0) is 18.6 Å². The van der Waals surface area contributed by atoms with Gasteiger partial charge in [0.25, 0.3) is 5.91 Å². The molecule has 0 saturated heterocycles. The number of pyridine rings is 1. The van der Waals surface area contributed by atoms with Gasteiger partial charge in [0, 0.05) is 36.8 Å². The first kappa shape index (κ1) is 16.6. The van der Waals surface area contributed by atoms with Crippen molar-refractivity contribution in [1.29, 1.82) is 0 Å². The Morgan fingerprint density at radius 1 is 1.08 bits per heavy atom. The molecule has 1 aromatic carbocycles. The molecular formula is C19H18N4O2. The van der Waals surface area contributed by atoms with E-state index in [0.717, 1.165) is 11.1 Å². The maximum atomic E-state index is 12.2. The maximum Gasteiger partial charge on any atom is 0.254 e. The van der Waals surface area contributed by atoms with E-state index < -0.39 is 0 Å². The fourth-order valence-electron chi connectivity index (χ4n) is 2.25. The van der Waals surface area contributed by atoms with Crippen molar-refractivity contribution in [2.24, 2.45) is 0 Å². The maximum absolute atomic E-state index is 12.2. The fraction of sp³-hybridized carbons (Fsp3) is 0.158. The van der Waals surface area contributed by atoms with E-state index >= 15 is 0 Å². The molecule has 0 aliphatic rings. The zero-order valence-corrected chi connectivity index (χ0v) is 13.8. The molecule has 1 N–H and O–H groups in total. The van der Waals surface area contributed by atoms with E-state index in [1.165, 1.54) is 12.4 Å². The molecular weight excluding hydrogens is 316 g/mol. The molecule has 0 unspecified atom stereocenters. The minimum absolute atomic E-state index is 0.227. The van der Waals surface area contributed by atoms with E-state index in [9.17, 15) is 4.79 Å². The van der Waals surface area contributed by atoms with Crippen LogP contribution < -0.4 is 10.1 Å². The molecule has 0 radical (unpaired) electrons. The summed E-state index contributed by atoms with van der Waals surface area (Å²) in [5, 5.41) is 2.84. The Morgan fingerprint density at radius 3 is 2.56 bits per heavy atom. The molecule has 6 nitrogen and oxygen atoms in total. The van der Waals surface area contributed by atoms with Gasteiger partial charge in [-0.3, -0.25) is 4.79 Å². The first-order valence-electron chi connectivity index (χ1n) is 7.99. The number of hydrogen-bond acceptors (Lipinski definition) is 5. The molecule has 0 spiro atoms. The Kier molecular flexibility index (Phi) is 5.31. The van der Waals surface area contributed by atoms with Crippen molar-refractivity contribution in [2.45, 2.75) is 13.5 Å². The summed E-state index contributed by atoms with van der Waals surface area (Å²) in [5.41, 5.74) is 2.24. The van der Waals surface area contributed by atoms with Gasteiger partial charge in [-0.1, -0.05) is 30.3 Å². The van der Waals surface area contributed by atoms with Gasteiger partial charge in [0.1, 0.15) is 0 Å². The molecule has 2 heterocycles. The van der Waals surface area contributed by atoms with Crippen molar-refractivity contribution in [3.63, 3.8) is 0 Å². The fourth-order valence-corrected chi connectivity index (χ4v) is 2.25.